The van der Waals surface area contributed by atoms with E-state index in [9.17, 15) is 0 Å². The highest BCUT2D eigenvalue weighted by molar-refractivity contribution is 6.22. The first-order valence-electron chi connectivity index (χ1n) is 26.3. The number of hydrogen-bond acceptors (Lipinski definition) is 1. The molecule has 76 heavy (non-hydrogen) atoms. The number of nitrogens with zero attached hydrogens (tertiary/aromatic N) is 1. The highest BCUT2D eigenvalue weighted by Crippen LogP contribution is 2.58. The van der Waals surface area contributed by atoms with Gasteiger partial charge in [-0.3, -0.25) is 0 Å². The molecule has 1 heteroatoms. The first-order valence-corrected chi connectivity index (χ1v) is 26.3. The summed E-state index contributed by atoms with van der Waals surface area (Å²) in [6.45, 7) is 0. The summed E-state index contributed by atoms with van der Waals surface area (Å²) in [5, 5.41) is 4.83. The third kappa shape index (κ3) is 7.55. The van der Waals surface area contributed by atoms with Crippen LogP contribution >= 0.6 is 0 Å². The van der Waals surface area contributed by atoms with E-state index in [0.717, 1.165) is 28.2 Å². The Morgan fingerprint density at radius 1 is 0.224 bits per heavy atom. The predicted molar refractivity (Wildman–Crippen MR) is 321 cm³/mol. The Morgan fingerprint density at radius 3 is 1.18 bits per heavy atom. The van der Waals surface area contributed by atoms with Crippen LogP contribution in [0.2, 0.25) is 0 Å². The van der Waals surface area contributed by atoms with Crippen molar-refractivity contribution in [3.8, 4) is 66.8 Å². The Labute approximate surface area is 444 Å². The summed E-state index contributed by atoms with van der Waals surface area (Å²) in [5.41, 5.74) is 22.2. The zero-order chi connectivity index (χ0) is 50.4. The van der Waals surface area contributed by atoms with Crippen molar-refractivity contribution in [1.82, 2.24) is 0 Å². The maximum absolute atomic E-state index is 2.54. The Balaban J connectivity index is 0.984. The van der Waals surface area contributed by atoms with Gasteiger partial charge in [0, 0.05) is 22.3 Å². The van der Waals surface area contributed by atoms with E-state index in [1.807, 2.05) is 0 Å². The van der Waals surface area contributed by atoms with Gasteiger partial charge in [0.2, 0.25) is 0 Å². The van der Waals surface area contributed by atoms with E-state index in [1.165, 1.54) is 99.4 Å². The van der Waals surface area contributed by atoms with E-state index >= 15 is 0 Å². The molecule has 13 aromatic rings. The monoisotopic (exact) mass is 965 g/mol. The highest BCUT2D eigenvalue weighted by atomic mass is 15.1. The van der Waals surface area contributed by atoms with Crippen LogP contribution in [0.3, 0.4) is 0 Å². The fraction of sp³-hybridized carbons (Fsp3) is 0.0133. The number of benzene rings is 13. The van der Waals surface area contributed by atoms with Gasteiger partial charge in [-0.2, -0.15) is 0 Å². The van der Waals surface area contributed by atoms with Gasteiger partial charge in [-0.05, 0) is 136 Å². The predicted octanol–water partition coefficient (Wildman–Crippen LogP) is 20.2. The molecule has 0 heterocycles. The van der Waals surface area contributed by atoms with Gasteiger partial charge >= 0.3 is 0 Å². The molecule has 0 aliphatic heterocycles. The first kappa shape index (κ1) is 44.8. The lowest BCUT2D eigenvalue weighted by Gasteiger charge is -2.34. The van der Waals surface area contributed by atoms with Gasteiger partial charge in [0.1, 0.15) is 0 Å². The van der Waals surface area contributed by atoms with Crippen LogP contribution in [0.1, 0.15) is 22.3 Å². The fourth-order valence-electron chi connectivity index (χ4n) is 12.3. The number of rotatable bonds is 10. The van der Waals surface area contributed by atoms with Crippen molar-refractivity contribution in [1.29, 1.82) is 0 Å². The molecule has 1 aliphatic rings. The molecule has 13 aromatic carbocycles. The maximum atomic E-state index is 2.54. The zero-order valence-corrected chi connectivity index (χ0v) is 41.9. The van der Waals surface area contributed by atoms with Crippen LogP contribution < -0.4 is 4.90 Å². The van der Waals surface area contributed by atoms with E-state index in [1.54, 1.807) is 0 Å². The number of anilines is 3. The van der Waals surface area contributed by atoms with Crippen molar-refractivity contribution in [2.24, 2.45) is 0 Å². The average molecular weight is 966 g/mol. The molecule has 0 bridgehead atoms. The van der Waals surface area contributed by atoms with Gasteiger partial charge < -0.3 is 4.90 Å². The summed E-state index contributed by atoms with van der Waals surface area (Å²) >= 11 is 0. The Kier molecular flexibility index (Phi) is 11.2. The topological polar surface area (TPSA) is 3.24 Å². The van der Waals surface area contributed by atoms with E-state index < -0.39 is 5.41 Å². The first-order chi connectivity index (χ1) is 37.7. The van der Waals surface area contributed by atoms with Gasteiger partial charge in [0.15, 0.2) is 0 Å². The lowest BCUT2D eigenvalue weighted by molar-refractivity contribution is 0.768. The second kappa shape index (κ2) is 18.9. The summed E-state index contributed by atoms with van der Waals surface area (Å²) in [5.74, 6) is 0. The molecule has 0 unspecified atom stereocenters. The van der Waals surface area contributed by atoms with Crippen molar-refractivity contribution in [2.75, 3.05) is 4.90 Å². The SMILES string of the molecule is c1ccc(-c2cccc(-c3ccc(-c4ccc(N(c5ccc6c(c5)-c5ccccc5C6(c5ccccc5)c5ccccc5)c5c(-c6cccc(-c7ccccc7)c6)c6ccccc6c6ccccc56)cc4)cc3)c2)cc1. The summed E-state index contributed by atoms with van der Waals surface area (Å²) in [6, 6.07) is 114. The molecule has 0 fully saturated rings. The molecule has 0 atom stereocenters. The zero-order valence-electron chi connectivity index (χ0n) is 41.9. The fourth-order valence-corrected chi connectivity index (χ4v) is 12.3. The average Bonchev–Trinajstić information content (AvgIpc) is 4.02. The van der Waals surface area contributed by atoms with Crippen LogP contribution in [0.4, 0.5) is 17.1 Å². The normalized spacial score (nSPS) is 12.3. The van der Waals surface area contributed by atoms with Crippen LogP contribution in [0.15, 0.2) is 309 Å². The van der Waals surface area contributed by atoms with E-state index in [2.05, 4.69) is 314 Å². The minimum Gasteiger partial charge on any atom is -0.309 e. The van der Waals surface area contributed by atoms with Crippen molar-refractivity contribution in [3.05, 3.63) is 332 Å². The smallest absolute Gasteiger partial charge is 0.0713 e. The Morgan fingerprint density at radius 2 is 0.605 bits per heavy atom. The summed E-state index contributed by atoms with van der Waals surface area (Å²) in [6.07, 6.45) is 0. The Hall–Kier alpha value is -9.82. The standard InChI is InChI=1S/C75H51N/c1-5-21-52(22-6-1)57-25-19-26-58(49-57)56-41-39-54(40-42-56)55-43-45-63(46-44-55)76(64-47-48-72-70(51-64)67-35-17-18-38-71(67)75(72,61-29-9-3-10-30-61)62-31-11-4-12-32-62)74-69-37-16-14-34-66(69)65-33-13-15-36-68(65)73(74)60-28-20-27-59(50-60)53-23-7-2-8-24-53/h1-51H. The minimum atomic E-state index is -0.515. The minimum absolute atomic E-state index is 0.515. The molecule has 1 nitrogen and oxygen atoms in total. The third-order valence-corrected chi connectivity index (χ3v) is 15.7. The second-order valence-electron chi connectivity index (χ2n) is 19.9. The van der Waals surface area contributed by atoms with E-state index in [4.69, 9.17) is 0 Å². The van der Waals surface area contributed by atoms with Gasteiger partial charge in [0.05, 0.1) is 11.1 Å². The quantitative estimate of drug-likeness (QED) is 0.123. The van der Waals surface area contributed by atoms with Crippen LogP contribution in [0, 0.1) is 0 Å². The molecule has 0 spiro atoms. The van der Waals surface area contributed by atoms with Gasteiger partial charge in [-0.1, -0.05) is 273 Å². The molecule has 0 saturated carbocycles. The van der Waals surface area contributed by atoms with Gasteiger partial charge in [-0.25, -0.2) is 0 Å². The molecule has 0 amide bonds. The molecule has 14 rings (SSSR count). The molecule has 0 saturated heterocycles. The summed E-state index contributed by atoms with van der Waals surface area (Å²) in [4.78, 5) is 2.54. The number of fused-ring (bicyclic) bond motifs is 6. The Bertz CT molecular complexity index is 4200. The van der Waals surface area contributed by atoms with Crippen molar-refractivity contribution in [2.45, 2.75) is 5.41 Å². The molecular weight excluding hydrogens is 915 g/mol. The van der Waals surface area contributed by atoms with Crippen LogP contribution in [-0.4, -0.2) is 0 Å². The van der Waals surface area contributed by atoms with Crippen molar-refractivity contribution in [3.63, 3.8) is 0 Å². The molecular formula is C75H51N. The van der Waals surface area contributed by atoms with Gasteiger partial charge in [0.25, 0.3) is 0 Å². The summed E-state index contributed by atoms with van der Waals surface area (Å²) in [7, 11) is 0. The number of hydrogen-bond donors (Lipinski definition) is 0. The van der Waals surface area contributed by atoms with Crippen LogP contribution in [0.5, 0.6) is 0 Å². The maximum Gasteiger partial charge on any atom is 0.0713 e. The summed E-state index contributed by atoms with van der Waals surface area (Å²) < 4.78 is 0. The van der Waals surface area contributed by atoms with E-state index in [-0.39, 0.29) is 0 Å². The largest absolute Gasteiger partial charge is 0.309 e. The molecule has 356 valence electrons. The van der Waals surface area contributed by atoms with Crippen molar-refractivity contribution >= 4 is 38.6 Å². The molecule has 0 N–H and O–H groups in total. The van der Waals surface area contributed by atoms with Gasteiger partial charge in [-0.15, -0.1) is 0 Å². The molecule has 1 aliphatic carbocycles. The molecule has 0 aromatic heterocycles. The van der Waals surface area contributed by atoms with E-state index in [0.29, 0.717) is 0 Å². The second-order valence-corrected chi connectivity index (χ2v) is 19.9. The third-order valence-electron chi connectivity index (χ3n) is 15.7. The highest BCUT2D eigenvalue weighted by Gasteiger charge is 2.46. The van der Waals surface area contributed by atoms with Crippen LogP contribution in [0.25, 0.3) is 88.3 Å². The lowest BCUT2D eigenvalue weighted by atomic mass is 9.68. The van der Waals surface area contributed by atoms with Crippen LogP contribution in [-0.2, 0) is 5.41 Å². The lowest BCUT2D eigenvalue weighted by Crippen LogP contribution is -2.28. The van der Waals surface area contributed by atoms with Crippen molar-refractivity contribution < 1.29 is 0 Å². The molecule has 0 radical (unpaired) electrons.